The van der Waals surface area contributed by atoms with Gasteiger partial charge in [0.1, 0.15) is 11.7 Å². The zero-order valence-corrected chi connectivity index (χ0v) is 14.8. The first-order valence-corrected chi connectivity index (χ1v) is 9.29. The summed E-state index contributed by atoms with van der Waals surface area (Å²) in [6.45, 7) is 3.11. The number of hydrogen-bond acceptors (Lipinski definition) is 3. The van der Waals surface area contributed by atoms with Gasteiger partial charge in [-0.2, -0.15) is 0 Å². The van der Waals surface area contributed by atoms with Gasteiger partial charge in [-0.3, -0.25) is 4.99 Å². The van der Waals surface area contributed by atoms with Crippen LogP contribution >= 0.6 is 0 Å². The Bertz CT molecular complexity index is 738. The fraction of sp³-hybridized carbons (Fsp3) is 0.381. The third kappa shape index (κ3) is 3.48. The molecular weight excluding hydrogens is 308 g/mol. The van der Waals surface area contributed by atoms with E-state index in [4.69, 9.17) is 5.73 Å². The first-order chi connectivity index (χ1) is 12.2. The third-order valence-corrected chi connectivity index (χ3v) is 4.96. The minimum absolute atomic E-state index is 0.461. The predicted octanol–water partition coefficient (Wildman–Crippen LogP) is 3.72. The smallest absolute Gasteiger partial charge is 0.125 e. The molecule has 1 saturated carbocycles. The van der Waals surface area contributed by atoms with Gasteiger partial charge in [-0.25, -0.2) is 0 Å². The van der Waals surface area contributed by atoms with Crippen molar-refractivity contribution in [2.75, 3.05) is 0 Å². The number of nitrogens with zero attached hydrogens (tertiary/aromatic N) is 3. The minimum atomic E-state index is 0.461. The maximum absolute atomic E-state index is 6.09. The summed E-state index contributed by atoms with van der Waals surface area (Å²) in [5, 5.41) is 0. The lowest BCUT2D eigenvalue weighted by Gasteiger charge is -2.32. The standard InChI is InChI=1S/C21H26N4/c1-2-4-19-5-3-6-20-24(13-14-25(19)20)15-16-7-9-17(10-8-16)21(22)23-18-11-12-18/h3,5-10,13-14,18-19H,2,4,11-12,15H2,1H3,(H2,22,23). The lowest BCUT2D eigenvalue weighted by molar-refractivity contribution is 0.301. The van der Waals surface area contributed by atoms with Crippen LogP contribution in [-0.2, 0) is 6.54 Å². The maximum Gasteiger partial charge on any atom is 0.125 e. The summed E-state index contributed by atoms with van der Waals surface area (Å²) in [5.74, 6) is 1.93. The second kappa shape index (κ2) is 6.79. The van der Waals surface area contributed by atoms with Gasteiger partial charge in [0, 0.05) is 24.5 Å². The minimum Gasteiger partial charge on any atom is -0.383 e. The van der Waals surface area contributed by atoms with Crippen molar-refractivity contribution in [3.05, 3.63) is 71.8 Å². The van der Waals surface area contributed by atoms with Crippen molar-refractivity contribution >= 4 is 5.84 Å². The van der Waals surface area contributed by atoms with Crippen LogP contribution in [0.25, 0.3) is 0 Å². The highest BCUT2D eigenvalue weighted by molar-refractivity contribution is 5.97. The summed E-state index contributed by atoms with van der Waals surface area (Å²) in [7, 11) is 0. The van der Waals surface area contributed by atoms with Crippen molar-refractivity contribution in [1.82, 2.24) is 9.80 Å². The van der Waals surface area contributed by atoms with Crippen LogP contribution in [0.2, 0.25) is 0 Å². The molecule has 4 heteroatoms. The third-order valence-electron chi connectivity index (χ3n) is 4.96. The Hall–Kier alpha value is -2.49. The molecule has 1 atom stereocenters. The molecule has 2 aliphatic heterocycles. The summed E-state index contributed by atoms with van der Waals surface area (Å²) in [5.41, 5.74) is 8.39. The molecule has 0 radical (unpaired) electrons. The number of amidine groups is 1. The van der Waals surface area contributed by atoms with Crippen LogP contribution in [0.5, 0.6) is 0 Å². The van der Waals surface area contributed by atoms with Crippen LogP contribution in [0, 0.1) is 0 Å². The topological polar surface area (TPSA) is 44.9 Å². The molecule has 0 aromatic heterocycles. The second-order valence-electron chi connectivity index (χ2n) is 7.04. The molecule has 1 aliphatic carbocycles. The van der Waals surface area contributed by atoms with Crippen LogP contribution in [0.4, 0.5) is 0 Å². The van der Waals surface area contributed by atoms with Gasteiger partial charge in [0.05, 0.1) is 12.1 Å². The Balaban J connectivity index is 1.43. The number of aliphatic imine (C=N–C) groups is 1. The van der Waals surface area contributed by atoms with Crippen LogP contribution < -0.4 is 5.73 Å². The molecule has 4 rings (SSSR count). The molecule has 0 amide bonds. The highest BCUT2D eigenvalue weighted by Crippen LogP contribution is 2.29. The summed E-state index contributed by atoms with van der Waals surface area (Å²) in [6, 6.07) is 9.43. The summed E-state index contributed by atoms with van der Waals surface area (Å²) in [6.07, 6.45) is 15.8. The molecule has 25 heavy (non-hydrogen) atoms. The largest absolute Gasteiger partial charge is 0.383 e. The summed E-state index contributed by atoms with van der Waals surface area (Å²) < 4.78 is 0. The first-order valence-electron chi connectivity index (χ1n) is 9.29. The van der Waals surface area contributed by atoms with E-state index in [0.29, 0.717) is 17.9 Å². The molecule has 1 aromatic rings. The van der Waals surface area contributed by atoms with E-state index in [9.17, 15) is 0 Å². The molecule has 1 fully saturated rings. The van der Waals surface area contributed by atoms with Crippen molar-refractivity contribution in [2.24, 2.45) is 10.7 Å². The molecule has 0 spiro atoms. The molecule has 130 valence electrons. The fourth-order valence-corrected chi connectivity index (χ4v) is 3.40. The van der Waals surface area contributed by atoms with Gasteiger partial charge in [-0.1, -0.05) is 49.8 Å². The molecular formula is C21H26N4. The lowest BCUT2D eigenvalue weighted by Crippen LogP contribution is -2.32. The van der Waals surface area contributed by atoms with Crippen LogP contribution in [-0.4, -0.2) is 27.7 Å². The Morgan fingerprint density at radius 1 is 1.20 bits per heavy atom. The fourth-order valence-electron chi connectivity index (χ4n) is 3.40. The molecule has 4 nitrogen and oxygen atoms in total. The van der Waals surface area contributed by atoms with Crippen molar-refractivity contribution < 1.29 is 0 Å². The van der Waals surface area contributed by atoms with Crippen LogP contribution in [0.15, 0.2) is 65.7 Å². The number of fused-ring (bicyclic) bond motifs is 1. The normalized spacial score (nSPS) is 22.4. The zero-order chi connectivity index (χ0) is 17.2. The van der Waals surface area contributed by atoms with Gasteiger partial charge in [0.2, 0.25) is 0 Å². The van der Waals surface area contributed by atoms with Crippen molar-refractivity contribution in [1.29, 1.82) is 0 Å². The highest BCUT2D eigenvalue weighted by Gasteiger charge is 2.26. The Morgan fingerprint density at radius 2 is 2.00 bits per heavy atom. The Morgan fingerprint density at radius 3 is 2.72 bits per heavy atom. The Labute approximate surface area is 150 Å². The van der Waals surface area contributed by atoms with E-state index in [-0.39, 0.29) is 0 Å². The number of rotatable bonds is 6. The quantitative estimate of drug-likeness (QED) is 0.637. The van der Waals surface area contributed by atoms with Gasteiger partial charge >= 0.3 is 0 Å². The van der Waals surface area contributed by atoms with Crippen LogP contribution in [0.3, 0.4) is 0 Å². The van der Waals surface area contributed by atoms with E-state index in [2.05, 4.69) is 76.6 Å². The SMILES string of the molecule is CCCC1C=CC=C2N(Cc3ccc(C(N)=NC4CC4)cc3)C=CN21. The van der Waals surface area contributed by atoms with Crippen molar-refractivity contribution in [2.45, 2.75) is 51.2 Å². The molecule has 1 unspecified atom stereocenters. The van der Waals surface area contributed by atoms with Gasteiger partial charge in [0.25, 0.3) is 0 Å². The molecule has 2 N–H and O–H groups in total. The predicted molar refractivity (Wildman–Crippen MR) is 103 cm³/mol. The molecule has 0 saturated heterocycles. The van der Waals surface area contributed by atoms with Gasteiger partial charge in [-0.05, 0) is 30.9 Å². The average Bonchev–Trinajstić information content (AvgIpc) is 3.35. The zero-order valence-electron chi connectivity index (χ0n) is 14.8. The Kier molecular flexibility index (Phi) is 4.35. The summed E-state index contributed by atoms with van der Waals surface area (Å²) >= 11 is 0. The second-order valence-corrected chi connectivity index (χ2v) is 7.04. The van der Waals surface area contributed by atoms with E-state index in [1.54, 1.807) is 0 Å². The number of benzene rings is 1. The van der Waals surface area contributed by atoms with Crippen molar-refractivity contribution in [3.63, 3.8) is 0 Å². The van der Waals surface area contributed by atoms with Gasteiger partial charge in [-0.15, -0.1) is 0 Å². The van der Waals surface area contributed by atoms with Gasteiger partial charge < -0.3 is 15.5 Å². The first kappa shape index (κ1) is 16.0. The van der Waals surface area contributed by atoms with E-state index in [1.165, 1.54) is 37.1 Å². The van der Waals surface area contributed by atoms with E-state index in [1.807, 2.05) is 0 Å². The summed E-state index contributed by atoms with van der Waals surface area (Å²) in [4.78, 5) is 9.20. The highest BCUT2D eigenvalue weighted by atomic mass is 15.4. The lowest BCUT2D eigenvalue weighted by atomic mass is 10.1. The number of allylic oxidation sites excluding steroid dienone is 2. The van der Waals surface area contributed by atoms with E-state index < -0.39 is 0 Å². The van der Waals surface area contributed by atoms with E-state index in [0.717, 1.165) is 12.1 Å². The molecule has 3 aliphatic rings. The number of nitrogens with two attached hydrogens (primary N) is 1. The molecule has 1 aromatic carbocycles. The maximum atomic E-state index is 6.09. The average molecular weight is 334 g/mol. The molecule has 2 heterocycles. The van der Waals surface area contributed by atoms with Gasteiger partial charge in [0.15, 0.2) is 0 Å². The van der Waals surface area contributed by atoms with Crippen LogP contribution in [0.1, 0.15) is 43.7 Å². The van der Waals surface area contributed by atoms with E-state index >= 15 is 0 Å². The van der Waals surface area contributed by atoms with Crippen molar-refractivity contribution in [3.8, 4) is 0 Å². The number of hydrogen-bond donors (Lipinski definition) is 1. The molecule has 0 bridgehead atoms. The monoisotopic (exact) mass is 334 g/mol.